The first-order valence-electron chi connectivity index (χ1n) is 7.97. The van der Waals surface area contributed by atoms with Gasteiger partial charge in [-0.05, 0) is 46.5 Å². The van der Waals surface area contributed by atoms with Gasteiger partial charge in [0.15, 0.2) is 5.17 Å². The summed E-state index contributed by atoms with van der Waals surface area (Å²) in [6.07, 6.45) is 1.82. The third kappa shape index (κ3) is 4.17. The number of amides is 1. The average molecular weight is 354 g/mol. The normalized spacial score (nSPS) is 18.0. The Labute approximate surface area is 151 Å². The van der Waals surface area contributed by atoms with Crippen molar-refractivity contribution in [3.05, 3.63) is 70.4 Å². The van der Waals surface area contributed by atoms with Gasteiger partial charge in [-0.15, -0.1) is 0 Å². The highest BCUT2D eigenvalue weighted by Crippen LogP contribution is 2.29. The molecule has 2 aromatic rings. The zero-order chi connectivity index (χ0) is 18.0. The van der Waals surface area contributed by atoms with Crippen LogP contribution in [0.1, 0.15) is 31.9 Å². The van der Waals surface area contributed by atoms with Crippen LogP contribution in [0.4, 0.5) is 10.1 Å². The number of carbonyl (C=O) groups excluding carboxylic acids is 1. The molecule has 1 heterocycles. The summed E-state index contributed by atoms with van der Waals surface area (Å²) < 4.78 is 13.7. The number of nitrogens with zero attached hydrogens (tertiary/aromatic N) is 1. The SMILES string of the molecule is CC(C)(C)c1ccc(/C=C2\SC(=Nc3ccccc3F)NC2=O)cc1. The van der Waals surface area contributed by atoms with Crippen molar-refractivity contribution in [2.45, 2.75) is 26.2 Å². The van der Waals surface area contributed by atoms with E-state index < -0.39 is 5.82 Å². The van der Waals surface area contributed by atoms with Gasteiger partial charge >= 0.3 is 0 Å². The zero-order valence-electron chi connectivity index (χ0n) is 14.3. The summed E-state index contributed by atoms with van der Waals surface area (Å²) in [6, 6.07) is 14.3. The minimum atomic E-state index is -0.417. The van der Waals surface area contributed by atoms with E-state index in [0.717, 1.165) is 5.56 Å². The number of para-hydroxylation sites is 1. The minimum absolute atomic E-state index is 0.0880. The number of carbonyl (C=O) groups is 1. The van der Waals surface area contributed by atoms with Gasteiger partial charge < -0.3 is 5.32 Å². The molecule has 0 atom stereocenters. The summed E-state index contributed by atoms with van der Waals surface area (Å²) in [5, 5.41) is 3.06. The molecule has 2 aromatic carbocycles. The van der Waals surface area contributed by atoms with Gasteiger partial charge in [-0.25, -0.2) is 9.38 Å². The van der Waals surface area contributed by atoms with E-state index in [9.17, 15) is 9.18 Å². The van der Waals surface area contributed by atoms with E-state index in [1.165, 1.54) is 23.4 Å². The van der Waals surface area contributed by atoms with Gasteiger partial charge in [0.05, 0.1) is 4.91 Å². The number of halogens is 1. The molecular weight excluding hydrogens is 335 g/mol. The van der Waals surface area contributed by atoms with Crippen LogP contribution in [0.25, 0.3) is 6.08 Å². The largest absolute Gasteiger partial charge is 0.300 e. The van der Waals surface area contributed by atoms with E-state index in [1.807, 2.05) is 18.2 Å². The highest BCUT2D eigenvalue weighted by atomic mass is 32.2. The lowest BCUT2D eigenvalue weighted by Gasteiger charge is -2.18. The second kappa shape index (κ2) is 6.84. The highest BCUT2D eigenvalue weighted by molar-refractivity contribution is 8.18. The Morgan fingerprint density at radius 2 is 1.76 bits per heavy atom. The molecule has 0 radical (unpaired) electrons. The van der Waals surface area contributed by atoms with Crippen LogP contribution in [0.5, 0.6) is 0 Å². The second-order valence-corrected chi connectivity index (χ2v) is 7.84. The molecule has 1 fully saturated rings. The molecule has 1 amide bonds. The van der Waals surface area contributed by atoms with E-state index in [0.29, 0.717) is 10.1 Å². The third-order valence-electron chi connectivity index (χ3n) is 3.80. The maximum absolute atomic E-state index is 13.7. The van der Waals surface area contributed by atoms with E-state index >= 15 is 0 Å². The van der Waals surface area contributed by atoms with Crippen molar-refractivity contribution in [3.63, 3.8) is 0 Å². The summed E-state index contributed by atoms with van der Waals surface area (Å²) in [6.45, 7) is 6.48. The number of aliphatic imine (C=N–C) groups is 1. The van der Waals surface area contributed by atoms with Crippen molar-refractivity contribution >= 4 is 34.6 Å². The Morgan fingerprint density at radius 3 is 2.40 bits per heavy atom. The van der Waals surface area contributed by atoms with Gasteiger partial charge in [-0.1, -0.05) is 57.2 Å². The van der Waals surface area contributed by atoms with Crippen molar-refractivity contribution in [1.82, 2.24) is 5.32 Å². The molecule has 128 valence electrons. The molecule has 1 N–H and O–H groups in total. The van der Waals surface area contributed by atoms with Gasteiger partial charge in [0.2, 0.25) is 0 Å². The molecule has 0 aromatic heterocycles. The van der Waals surface area contributed by atoms with Crippen LogP contribution in [0.15, 0.2) is 58.4 Å². The Bertz CT molecular complexity index is 864. The van der Waals surface area contributed by atoms with Crippen LogP contribution < -0.4 is 5.32 Å². The lowest BCUT2D eigenvalue weighted by molar-refractivity contribution is -0.115. The highest BCUT2D eigenvalue weighted by Gasteiger charge is 2.24. The van der Waals surface area contributed by atoms with E-state index in [-0.39, 0.29) is 17.0 Å². The molecule has 1 aliphatic rings. The summed E-state index contributed by atoms with van der Waals surface area (Å²) in [5.74, 6) is -0.639. The van der Waals surface area contributed by atoms with Crippen molar-refractivity contribution in [1.29, 1.82) is 0 Å². The van der Waals surface area contributed by atoms with Gasteiger partial charge in [0.1, 0.15) is 11.5 Å². The van der Waals surface area contributed by atoms with Crippen molar-refractivity contribution in [2.75, 3.05) is 0 Å². The number of thioether (sulfide) groups is 1. The summed E-state index contributed by atoms with van der Waals surface area (Å²) in [4.78, 5) is 16.8. The molecule has 0 bridgehead atoms. The van der Waals surface area contributed by atoms with Gasteiger partial charge in [0.25, 0.3) is 5.91 Å². The third-order valence-corrected chi connectivity index (χ3v) is 4.71. The summed E-state index contributed by atoms with van der Waals surface area (Å²) in [5.41, 5.74) is 2.48. The van der Waals surface area contributed by atoms with Gasteiger partial charge in [0, 0.05) is 0 Å². The monoisotopic (exact) mass is 354 g/mol. The molecule has 5 heteroatoms. The van der Waals surface area contributed by atoms with Crippen molar-refractivity contribution < 1.29 is 9.18 Å². The molecule has 1 saturated heterocycles. The Kier molecular flexibility index (Phi) is 4.77. The number of nitrogens with one attached hydrogen (secondary N) is 1. The van der Waals surface area contributed by atoms with Gasteiger partial charge in [-0.2, -0.15) is 0 Å². The second-order valence-electron chi connectivity index (χ2n) is 6.81. The molecule has 0 unspecified atom stereocenters. The number of hydrogen-bond donors (Lipinski definition) is 1. The fraction of sp³-hybridized carbons (Fsp3) is 0.200. The Balaban J connectivity index is 1.81. The topological polar surface area (TPSA) is 41.5 Å². The van der Waals surface area contributed by atoms with Crippen LogP contribution >= 0.6 is 11.8 Å². The maximum Gasteiger partial charge on any atom is 0.264 e. The Morgan fingerprint density at radius 1 is 1.08 bits per heavy atom. The summed E-state index contributed by atoms with van der Waals surface area (Å²) in [7, 11) is 0. The first-order chi connectivity index (χ1) is 11.8. The van der Waals surface area contributed by atoms with Crippen LogP contribution in [0, 0.1) is 5.82 Å². The lowest BCUT2D eigenvalue weighted by atomic mass is 9.87. The minimum Gasteiger partial charge on any atom is -0.300 e. The molecule has 0 spiro atoms. The van der Waals surface area contributed by atoms with Crippen LogP contribution in [-0.2, 0) is 10.2 Å². The van der Waals surface area contributed by atoms with E-state index in [1.54, 1.807) is 18.2 Å². The van der Waals surface area contributed by atoms with E-state index in [4.69, 9.17) is 0 Å². The maximum atomic E-state index is 13.7. The molecule has 25 heavy (non-hydrogen) atoms. The quantitative estimate of drug-likeness (QED) is 0.770. The standard InChI is InChI=1S/C20H19FN2OS/c1-20(2,3)14-10-8-13(9-11-14)12-17-18(24)23-19(25-17)22-16-7-5-4-6-15(16)21/h4-12H,1-3H3,(H,22,23,24)/b17-12-. The predicted molar refractivity (Wildman–Crippen MR) is 102 cm³/mol. The number of benzene rings is 2. The molecule has 1 aliphatic heterocycles. The lowest BCUT2D eigenvalue weighted by Crippen LogP contribution is -2.19. The predicted octanol–water partition coefficient (Wildman–Crippen LogP) is 5.01. The van der Waals surface area contributed by atoms with Crippen LogP contribution in [0.2, 0.25) is 0 Å². The Hall–Kier alpha value is -2.40. The number of hydrogen-bond acceptors (Lipinski definition) is 3. The molecule has 0 saturated carbocycles. The van der Waals surface area contributed by atoms with Crippen molar-refractivity contribution in [3.8, 4) is 0 Å². The van der Waals surface area contributed by atoms with Crippen LogP contribution in [0.3, 0.4) is 0 Å². The summed E-state index contributed by atoms with van der Waals surface area (Å²) >= 11 is 1.21. The number of amidine groups is 1. The molecule has 3 rings (SSSR count). The smallest absolute Gasteiger partial charge is 0.264 e. The molecular formula is C20H19FN2OS. The first kappa shape index (κ1) is 17.4. The van der Waals surface area contributed by atoms with Crippen molar-refractivity contribution in [2.24, 2.45) is 4.99 Å². The molecule has 0 aliphatic carbocycles. The van der Waals surface area contributed by atoms with E-state index in [2.05, 4.69) is 43.2 Å². The average Bonchev–Trinajstić information content (AvgIpc) is 2.89. The first-order valence-corrected chi connectivity index (χ1v) is 8.79. The molecule has 3 nitrogen and oxygen atoms in total. The van der Waals surface area contributed by atoms with Crippen LogP contribution in [-0.4, -0.2) is 11.1 Å². The fourth-order valence-electron chi connectivity index (χ4n) is 2.36. The zero-order valence-corrected chi connectivity index (χ0v) is 15.2. The number of rotatable bonds is 2. The van der Waals surface area contributed by atoms with Gasteiger partial charge in [-0.3, -0.25) is 4.79 Å². The fourth-order valence-corrected chi connectivity index (χ4v) is 3.20.